The van der Waals surface area contributed by atoms with Crippen LogP contribution in [0.1, 0.15) is 5.56 Å². The summed E-state index contributed by atoms with van der Waals surface area (Å²) in [7, 11) is 0. The first kappa shape index (κ1) is 18.9. The predicted octanol–water partition coefficient (Wildman–Crippen LogP) is 1.62. The Bertz CT molecular complexity index is 1230. The highest BCUT2D eigenvalue weighted by molar-refractivity contribution is 6.13. The molecule has 1 fully saturated rings. The summed E-state index contributed by atoms with van der Waals surface area (Å²) in [6.45, 7) is -0.602. The Kier molecular flexibility index (Phi) is 4.43. The smallest absolute Gasteiger partial charge is 0.325 e. The number of para-hydroxylation sites is 3. The molecule has 5 amide bonds. The Hall–Kier alpha value is -4.14. The maximum atomic E-state index is 12.9. The van der Waals surface area contributed by atoms with Crippen LogP contribution in [0, 0.1) is 0 Å². The molecule has 0 bridgehead atoms. The molecule has 0 aliphatic carbocycles. The van der Waals surface area contributed by atoms with Crippen molar-refractivity contribution in [1.82, 2.24) is 15.2 Å². The number of aromatic nitrogens is 1. The fourth-order valence-corrected chi connectivity index (χ4v) is 4.06. The zero-order chi connectivity index (χ0) is 21.5. The van der Waals surface area contributed by atoms with Gasteiger partial charge in [0.25, 0.3) is 5.91 Å². The van der Waals surface area contributed by atoms with Gasteiger partial charge in [-0.1, -0.05) is 30.3 Å². The summed E-state index contributed by atoms with van der Waals surface area (Å²) in [5, 5.41) is 6.35. The van der Waals surface area contributed by atoms with E-state index >= 15 is 0 Å². The lowest BCUT2D eigenvalue weighted by Crippen LogP contribution is -2.48. The minimum atomic E-state index is -0.753. The largest absolute Gasteiger partial charge is 0.361 e. The highest BCUT2D eigenvalue weighted by Crippen LogP contribution is 2.29. The standard InChI is InChI=1S/C22H19N5O4/c28-19-11-26(18-8-4-3-7-16(18)24-19)20(29)12-27-21(30)17(25-22(27)31)9-13-10-23-15-6-2-1-5-14(13)15/h1-8,10,17,23H,9,11-12H2,(H,24,28)(H,25,31)/t17-/m0/s1. The molecule has 2 aliphatic rings. The lowest BCUT2D eigenvalue weighted by Gasteiger charge is -2.30. The SMILES string of the molecule is O=C1CN(C(=O)CN2C(=O)N[C@@H](Cc3c[nH]c4ccccc34)C2=O)c2ccccc2N1. The number of carbonyl (C=O) groups is 4. The van der Waals surface area contributed by atoms with Crippen LogP contribution in [0.4, 0.5) is 16.2 Å². The van der Waals surface area contributed by atoms with Crippen LogP contribution in [0.15, 0.2) is 54.7 Å². The average Bonchev–Trinajstić information content (AvgIpc) is 3.29. The minimum Gasteiger partial charge on any atom is -0.361 e. The monoisotopic (exact) mass is 417 g/mol. The Morgan fingerprint density at radius 1 is 1.03 bits per heavy atom. The molecule has 1 atom stereocenters. The van der Waals surface area contributed by atoms with E-state index in [-0.39, 0.29) is 12.5 Å². The molecule has 0 unspecified atom stereocenters. The van der Waals surface area contributed by atoms with Crippen molar-refractivity contribution in [2.75, 3.05) is 23.3 Å². The topological polar surface area (TPSA) is 115 Å². The second-order valence-corrected chi connectivity index (χ2v) is 7.54. The van der Waals surface area contributed by atoms with Gasteiger partial charge in [0.15, 0.2) is 0 Å². The third-order valence-electron chi connectivity index (χ3n) is 5.57. The number of hydrogen-bond acceptors (Lipinski definition) is 4. The average molecular weight is 417 g/mol. The van der Waals surface area contributed by atoms with E-state index < -0.39 is 30.4 Å². The number of carbonyl (C=O) groups excluding carboxylic acids is 4. The fourth-order valence-electron chi connectivity index (χ4n) is 4.06. The second kappa shape index (κ2) is 7.28. The van der Waals surface area contributed by atoms with E-state index in [1.54, 1.807) is 24.3 Å². The van der Waals surface area contributed by atoms with Gasteiger partial charge in [-0.05, 0) is 23.8 Å². The van der Waals surface area contributed by atoms with Gasteiger partial charge in [0.2, 0.25) is 11.8 Å². The number of nitrogens with zero attached hydrogens (tertiary/aromatic N) is 2. The molecule has 0 radical (unpaired) electrons. The number of H-pyrrole nitrogens is 1. The van der Waals surface area contributed by atoms with E-state index in [0.717, 1.165) is 21.4 Å². The summed E-state index contributed by atoms with van der Waals surface area (Å²) in [4.78, 5) is 55.6. The summed E-state index contributed by atoms with van der Waals surface area (Å²) >= 11 is 0. The molecule has 1 aromatic heterocycles. The second-order valence-electron chi connectivity index (χ2n) is 7.54. The van der Waals surface area contributed by atoms with Crippen molar-refractivity contribution in [2.45, 2.75) is 12.5 Å². The van der Waals surface area contributed by atoms with Gasteiger partial charge in [0.1, 0.15) is 19.1 Å². The third kappa shape index (κ3) is 3.29. The van der Waals surface area contributed by atoms with Crippen molar-refractivity contribution in [3.8, 4) is 0 Å². The number of aromatic amines is 1. The van der Waals surface area contributed by atoms with Crippen molar-refractivity contribution < 1.29 is 19.2 Å². The number of anilines is 2. The normalized spacial score (nSPS) is 18.2. The van der Waals surface area contributed by atoms with E-state index in [4.69, 9.17) is 0 Å². The highest BCUT2D eigenvalue weighted by atomic mass is 16.2. The maximum absolute atomic E-state index is 12.9. The zero-order valence-corrected chi connectivity index (χ0v) is 16.4. The summed E-state index contributed by atoms with van der Waals surface area (Å²) in [5.74, 6) is -1.29. The number of benzene rings is 2. The highest BCUT2D eigenvalue weighted by Gasteiger charge is 2.40. The van der Waals surface area contributed by atoms with E-state index in [0.29, 0.717) is 17.8 Å². The number of amides is 5. The van der Waals surface area contributed by atoms with Crippen LogP contribution in [0.5, 0.6) is 0 Å². The van der Waals surface area contributed by atoms with Gasteiger partial charge in [0.05, 0.1) is 11.4 Å². The number of nitrogens with one attached hydrogen (secondary N) is 3. The first-order chi connectivity index (χ1) is 15.0. The van der Waals surface area contributed by atoms with Crippen molar-refractivity contribution in [3.05, 3.63) is 60.3 Å². The molecular formula is C22H19N5O4. The summed E-state index contributed by atoms with van der Waals surface area (Å²) in [6, 6.07) is 13.2. The van der Waals surface area contributed by atoms with E-state index in [1.807, 2.05) is 30.5 Å². The molecule has 31 heavy (non-hydrogen) atoms. The Labute approximate surface area is 177 Å². The Morgan fingerprint density at radius 3 is 2.68 bits per heavy atom. The number of fused-ring (bicyclic) bond motifs is 2. The van der Waals surface area contributed by atoms with Gasteiger partial charge >= 0.3 is 6.03 Å². The van der Waals surface area contributed by atoms with Crippen LogP contribution >= 0.6 is 0 Å². The zero-order valence-electron chi connectivity index (χ0n) is 16.4. The molecule has 1 saturated heterocycles. The van der Waals surface area contributed by atoms with Crippen molar-refractivity contribution in [3.63, 3.8) is 0 Å². The summed E-state index contributed by atoms with van der Waals surface area (Å²) in [6.07, 6.45) is 2.13. The van der Waals surface area contributed by atoms with Gasteiger partial charge in [-0.3, -0.25) is 24.2 Å². The molecular weight excluding hydrogens is 398 g/mol. The van der Waals surface area contributed by atoms with Crippen LogP contribution in [0.2, 0.25) is 0 Å². The first-order valence-corrected chi connectivity index (χ1v) is 9.87. The molecule has 3 aromatic rings. The van der Waals surface area contributed by atoms with E-state index in [9.17, 15) is 19.2 Å². The van der Waals surface area contributed by atoms with E-state index in [1.165, 1.54) is 4.90 Å². The van der Waals surface area contributed by atoms with Crippen molar-refractivity contribution in [1.29, 1.82) is 0 Å². The minimum absolute atomic E-state index is 0.168. The maximum Gasteiger partial charge on any atom is 0.325 e. The molecule has 2 aliphatic heterocycles. The molecule has 3 heterocycles. The lowest BCUT2D eigenvalue weighted by atomic mass is 10.1. The summed E-state index contributed by atoms with van der Waals surface area (Å²) in [5.41, 5.74) is 2.91. The molecule has 3 N–H and O–H groups in total. The fraction of sp³-hybridized carbons (Fsp3) is 0.182. The Morgan fingerprint density at radius 2 is 1.81 bits per heavy atom. The predicted molar refractivity (Wildman–Crippen MR) is 113 cm³/mol. The van der Waals surface area contributed by atoms with Crippen LogP contribution in [0.25, 0.3) is 10.9 Å². The van der Waals surface area contributed by atoms with Gasteiger partial charge < -0.3 is 15.6 Å². The van der Waals surface area contributed by atoms with Crippen molar-refractivity contribution >= 4 is 46.0 Å². The van der Waals surface area contributed by atoms with Crippen LogP contribution in [-0.2, 0) is 20.8 Å². The molecule has 2 aromatic carbocycles. The molecule has 9 nitrogen and oxygen atoms in total. The first-order valence-electron chi connectivity index (χ1n) is 9.87. The van der Waals surface area contributed by atoms with Gasteiger partial charge in [-0.2, -0.15) is 0 Å². The summed E-state index contributed by atoms with van der Waals surface area (Å²) < 4.78 is 0. The Balaban J connectivity index is 1.32. The quantitative estimate of drug-likeness (QED) is 0.560. The van der Waals surface area contributed by atoms with Crippen LogP contribution in [-0.4, -0.2) is 52.8 Å². The van der Waals surface area contributed by atoms with Crippen LogP contribution < -0.4 is 15.5 Å². The van der Waals surface area contributed by atoms with Crippen LogP contribution in [0.3, 0.4) is 0 Å². The van der Waals surface area contributed by atoms with Gasteiger partial charge in [-0.15, -0.1) is 0 Å². The number of urea groups is 1. The lowest BCUT2D eigenvalue weighted by molar-refractivity contribution is -0.131. The van der Waals surface area contributed by atoms with Gasteiger partial charge in [-0.25, -0.2) is 4.79 Å². The molecule has 5 rings (SSSR count). The third-order valence-corrected chi connectivity index (χ3v) is 5.57. The molecule has 0 spiro atoms. The number of hydrogen-bond donors (Lipinski definition) is 3. The number of imide groups is 1. The van der Waals surface area contributed by atoms with E-state index in [2.05, 4.69) is 15.6 Å². The number of rotatable bonds is 4. The molecule has 9 heteroatoms. The van der Waals surface area contributed by atoms with Gasteiger partial charge in [0, 0.05) is 23.5 Å². The molecule has 0 saturated carbocycles. The van der Waals surface area contributed by atoms with Crippen molar-refractivity contribution in [2.24, 2.45) is 0 Å². The molecule has 156 valence electrons.